The Balaban J connectivity index is 0.000000204. The molecule has 8 nitrogen and oxygen atoms in total. The van der Waals surface area contributed by atoms with Crippen LogP contribution in [0, 0.1) is 64.2 Å². The van der Waals surface area contributed by atoms with E-state index in [1.54, 1.807) is 0 Å². The largest absolute Gasteiger partial charge is 0.398 e. The van der Waals surface area contributed by atoms with Crippen molar-refractivity contribution in [1.29, 1.82) is 10.5 Å². The molecule has 51 heavy (non-hydrogen) atoms. The number of hydrogen-bond donors (Lipinski definition) is 5. The molecular weight excluding hydrogens is 700 g/mol. The normalized spacial score (nSPS) is 10.6. The van der Waals surface area contributed by atoms with Gasteiger partial charge in [0.25, 0.3) is 0 Å². The first-order valence-electron chi connectivity index (χ1n) is 17.0. The average molecular weight is 748 g/mol. The van der Waals surface area contributed by atoms with E-state index < -0.39 is 0 Å². The fourth-order valence-electron chi connectivity index (χ4n) is 6.46. The Bertz CT molecular complexity index is 2270. The van der Waals surface area contributed by atoms with Gasteiger partial charge < -0.3 is 31.2 Å². The molecule has 0 radical (unpaired) electrons. The summed E-state index contributed by atoms with van der Waals surface area (Å²) in [5, 5.41) is 39.0. The number of fused-ring (bicyclic) bond motifs is 2. The van der Waals surface area contributed by atoms with Gasteiger partial charge in [-0.15, -0.1) is 0 Å². The van der Waals surface area contributed by atoms with Crippen molar-refractivity contribution in [2.24, 2.45) is 0 Å². The Kier molecular flexibility index (Phi) is 13.1. The SMILES string of the molecule is Cc1cc2[nH]c(C)c(-c3cccc(N)c3C)c2cc1C#N.Cc1cc2c(cc1C#N)c(-c1cccc(N)c1C)c(C)n2CCCO.OCCCBr. The van der Waals surface area contributed by atoms with Crippen molar-refractivity contribution in [2.45, 2.75) is 60.9 Å². The van der Waals surface area contributed by atoms with Gasteiger partial charge in [0.15, 0.2) is 0 Å². The van der Waals surface area contributed by atoms with Crippen LogP contribution in [0.15, 0.2) is 60.7 Å². The number of aryl methyl sites for hydroxylation is 4. The highest BCUT2D eigenvalue weighted by atomic mass is 79.9. The zero-order chi connectivity index (χ0) is 37.4. The number of anilines is 2. The first-order valence-corrected chi connectivity index (χ1v) is 18.1. The third kappa shape index (κ3) is 8.13. The number of nitrogens with one attached hydrogen (secondary N) is 1. The summed E-state index contributed by atoms with van der Waals surface area (Å²) in [6.45, 7) is 13.3. The molecule has 0 amide bonds. The minimum absolute atomic E-state index is 0.154. The Hall–Kier alpha value is -5.06. The van der Waals surface area contributed by atoms with E-state index >= 15 is 0 Å². The molecule has 2 heterocycles. The number of hydrogen-bond acceptors (Lipinski definition) is 6. The summed E-state index contributed by atoms with van der Waals surface area (Å²) in [6.07, 6.45) is 1.55. The predicted molar refractivity (Wildman–Crippen MR) is 215 cm³/mol. The molecule has 0 aliphatic rings. The van der Waals surface area contributed by atoms with Crippen LogP contribution >= 0.6 is 15.9 Å². The molecule has 6 rings (SSSR count). The second-order valence-corrected chi connectivity index (χ2v) is 13.5. The zero-order valence-corrected chi connectivity index (χ0v) is 31.9. The maximum Gasteiger partial charge on any atom is 0.0994 e. The summed E-state index contributed by atoms with van der Waals surface area (Å²) in [7, 11) is 0. The van der Waals surface area contributed by atoms with Crippen molar-refractivity contribution in [3.8, 4) is 34.4 Å². The van der Waals surface area contributed by atoms with Crippen LogP contribution in [-0.2, 0) is 6.54 Å². The van der Waals surface area contributed by atoms with Crippen LogP contribution in [0.5, 0.6) is 0 Å². The first kappa shape index (κ1) is 38.7. The second-order valence-electron chi connectivity index (χ2n) is 12.7. The fraction of sp³-hybridized carbons (Fsp3) is 0.286. The van der Waals surface area contributed by atoms with Crippen LogP contribution < -0.4 is 11.5 Å². The van der Waals surface area contributed by atoms with Crippen molar-refractivity contribution in [1.82, 2.24) is 9.55 Å². The van der Waals surface area contributed by atoms with Gasteiger partial charge in [0.1, 0.15) is 0 Å². The summed E-state index contributed by atoms with van der Waals surface area (Å²) in [5.41, 5.74) is 28.0. The molecular formula is C42H47BrN6O2. The number of halogens is 1. The molecule has 0 atom stereocenters. The molecule has 264 valence electrons. The molecule has 0 saturated heterocycles. The van der Waals surface area contributed by atoms with Crippen molar-refractivity contribution in [3.63, 3.8) is 0 Å². The number of nitriles is 2. The lowest BCUT2D eigenvalue weighted by atomic mass is 9.95. The van der Waals surface area contributed by atoms with Crippen LogP contribution in [-0.4, -0.2) is 38.3 Å². The Morgan fingerprint density at radius 3 is 1.76 bits per heavy atom. The lowest BCUT2D eigenvalue weighted by Gasteiger charge is -2.10. The lowest BCUT2D eigenvalue weighted by Crippen LogP contribution is -2.02. The van der Waals surface area contributed by atoms with E-state index in [0.717, 1.165) is 107 Å². The molecule has 0 unspecified atom stereocenters. The van der Waals surface area contributed by atoms with Gasteiger partial charge in [-0.05, 0) is 124 Å². The summed E-state index contributed by atoms with van der Waals surface area (Å²) in [6, 6.07) is 24.5. The van der Waals surface area contributed by atoms with E-state index in [1.807, 2.05) is 70.2 Å². The minimum atomic E-state index is 0.154. The molecule has 0 saturated carbocycles. The summed E-state index contributed by atoms with van der Waals surface area (Å²) < 4.78 is 2.23. The number of nitrogens with zero attached hydrogens (tertiary/aromatic N) is 3. The van der Waals surface area contributed by atoms with Crippen LogP contribution in [0.3, 0.4) is 0 Å². The van der Waals surface area contributed by atoms with E-state index in [2.05, 4.69) is 69.7 Å². The quantitative estimate of drug-likeness (QED) is 0.0809. The molecule has 0 aliphatic carbocycles. The molecule has 0 bridgehead atoms. The average Bonchev–Trinajstić information content (AvgIpc) is 3.56. The van der Waals surface area contributed by atoms with E-state index in [-0.39, 0.29) is 6.61 Å². The van der Waals surface area contributed by atoms with Gasteiger partial charge >= 0.3 is 0 Å². The molecule has 2 aromatic heterocycles. The molecule has 6 aromatic rings. The topological polar surface area (TPSA) is 161 Å². The summed E-state index contributed by atoms with van der Waals surface area (Å²) in [4.78, 5) is 3.41. The number of nitrogen functional groups attached to an aromatic ring is 2. The maximum atomic E-state index is 9.45. The molecule has 0 spiro atoms. The fourth-order valence-corrected chi connectivity index (χ4v) is 6.72. The Labute approximate surface area is 309 Å². The van der Waals surface area contributed by atoms with Crippen molar-refractivity contribution >= 4 is 49.1 Å². The number of aromatic amines is 1. The molecule has 9 heteroatoms. The standard InChI is InChI=1S/C21H23N3O.C18H17N3.C3H7BrO/c1-13-10-20-18(11-16(13)12-22)21(15(3)24(20)8-5-9-25)17-6-4-7-19(23)14(17)2;1-10-7-17-15(8-13(10)9-19)18(12(3)21-17)14-5-4-6-16(20)11(14)2;4-2-1-3-5/h4,6-7,10-11,25H,5,8-9,23H2,1-3H3;4-8,21H,20H2,1-3H3;5H,1-3H2. The first-order chi connectivity index (χ1) is 24.4. The lowest BCUT2D eigenvalue weighted by molar-refractivity contribution is 0.280. The number of aliphatic hydroxyl groups is 2. The van der Waals surface area contributed by atoms with E-state index in [1.165, 1.54) is 0 Å². The monoisotopic (exact) mass is 746 g/mol. The minimum Gasteiger partial charge on any atom is -0.398 e. The van der Waals surface area contributed by atoms with E-state index in [4.69, 9.17) is 16.6 Å². The number of aromatic nitrogens is 2. The highest BCUT2D eigenvalue weighted by molar-refractivity contribution is 9.09. The third-order valence-electron chi connectivity index (χ3n) is 9.36. The molecule has 0 aliphatic heterocycles. The van der Waals surface area contributed by atoms with Crippen molar-refractivity contribution < 1.29 is 10.2 Å². The van der Waals surface area contributed by atoms with Crippen LogP contribution in [0.2, 0.25) is 0 Å². The second kappa shape index (κ2) is 17.2. The van der Waals surface area contributed by atoms with Crippen LogP contribution in [0.1, 0.15) is 57.6 Å². The summed E-state index contributed by atoms with van der Waals surface area (Å²) in [5.74, 6) is 0. The molecule has 7 N–H and O–H groups in total. The van der Waals surface area contributed by atoms with Crippen LogP contribution in [0.4, 0.5) is 11.4 Å². The number of benzene rings is 4. The summed E-state index contributed by atoms with van der Waals surface area (Å²) >= 11 is 3.15. The zero-order valence-electron chi connectivity index (χ0n) is 30.3. The van der Waals surface area contributed by atoms with Gasteiger partial charge in [0.05, 0.1) is 23.3 Å². The van der Waals surface area contributed by atoms with Gasteiger partial charge in [-0.1, -0.05) is 40.2 Å². The number of alkyl halides is 1. The van der Waals surface area contributed by atoms with Crippen molar-refractivity contribution in [3.05, 3.63) is 105 Å². The smallest absolute Gasteiger partial charge is 0.0994 e. The van der Waals surface area contributed by atoms with E-state index in [9.17, 15) is 15.6 Å². The third-order valence-corrected chi connectivity index (χ3v) is 9.92. The Morgan fingerprint density at radius 1 is 0.725 bits per heavy atom. The highest BCUT2D eigenvalue weighted by Gasteiger charge is 2.19. The maximum absolute atomic E-state index is 9.45. The number of aliphatic hydroxyl groups excluding tert-OH is 2. The van der Waals surface area contributed by atoms with Gasteiger partial charge in [0.2, 0.25) is 0 Å². The Morgan fingerprint density at radius 2 is 1.25 bits per heavy atom. The van der Waals surface area contributed by atoms with Gasteiger partial charge in [-0.25, -0.2) is 0 Å². The number of nitrogens with two attached hydrogens (primary N) is 2. The number of H-pyrrole nitrogens is 1. The van der Waals surface area contributed by atoms with Crippen molar-refractivity contribution in [2.75, 3.05) is 30.0 Å². The van der Waals surface area contributed by atoms with Gasteiger partial charge in [-0.3, -0.25) is 0 Å². The van der Waals surface area contributed by atoms with Gasteiger partial charge in [-0.2, -0.15) is 10.5 Å². The highest BCUT2D eigenvalue weighted by Crippen LogP contribution is 2.39. The molecule has 4 aromatic carbocycles. The number of rotatable bonds is 7. The molecule has 0 fully saturated rings. The van der Waals surface area contributed by atoms with E-state index in [0.29, 0.717) is 24.2 Å². The van der Waals surface area contributed by atoms with Gasteiger partial charge in [0, 0.05) is 80.8 Å². The predicted octanol–water partition coefficient (Wildman–Crippen LogP) is 9.05. The van der Waals surface area contributed by atoms with Crippen LogP contribution in [0.25, 0.3) is 44.1 Å².